The second-order valence-corrected chi connectivity index (χ2v) is 10.4. The third-order valence-electron chi connectivity index (χ3n) is 2.61. The van der Waals surface area contributed by atoms with E-state index in [0.29, 0.717) is 6.42 Å². The third-order valence-corrected chi connectivity index (χ3v) is 3.49. The first-order chi connectivity index (χ1) is 8.94. The van der Waals surface area contributed by atoms with Crippen LogP contribution in [0.2, 0.25) is 19.6 Å². The van der Waals surface area contributed by atoms with Crippen molar-refractivity contribution in [1.82, 2.24) is 0 Å². The first kappa shape index (κ1) is 15.5. The molecule has 0 aliphatic carbocycles. The highest BCUT2D eigenvalue weighted by Gasteiger charge is 2.11. The second kappa shape index (κ2) is 7.11. The summed E-state index contributed by atoms with van der Waals surface area (Å²) in [5.74, 6) is 3.38. The second-order valence-electron chi connectivity index (χ2n) is 5.65. The third kappa shape index (κ3) is 5.72. The molecule has 0 unspecified atom stereocenters. The molecular weight excluding hydrogens is 248 g/mol. The van der Waals surface area contributed by atoms with Gasteiger partial charge in [-0.3, -0.25) is 4.79 Å². The van der Waals surface area contributed by atoms with Crippen LogP contribution in [0, 0.1) is 11.5 Å². The Hall–Kier alpha value is -1.59. The van der Waals surface area contributed by atoms with Gasteiger partial charge in [0.2, 0.25) is 0 Å². The first-order valence-electron chi connectivity index (χ1n) is 6.70. The maximum Gasteiger partial charge on any atom is 0.164 e. The van der Waals surface area contributed by atoms with E-state index in [0.717, 1.165) is 24.0 Å². The molecule has 0 aliphatic rings. The van der Waals surface area contributed by atoms with Gasteiger partial charge < -0.3 is 0 Å². The van der Waals surface area contributed by atoms with Crippen molar-refractivity contribution in [2.75, 3.05) is 0 Å². The molecule has 1 nitrogen and oxygen atoms in total. The molecule has 0 saturated carbocycles. The SMILES string of the molecule is C=CCCCC(=O)c1ccccc1C#C[Si](C)(C)C. The van der Waals surface area contributed by atoms with Crippen molar-refractivity contribution in [2.24, 2.45) is 0 Å². The number of rotatable bonds is 5. The van der Waals surface area contributed by atoms with Crippen LogP contribution in [-0.4, -0.2) is 13.9 Å². The number of hydrogen-bond acceptors (Lipinski definition) is 1. The predicted octanol–water partition coefficient (Wildman–Crippen LogP) is 4.45. The van der Waals surface area contributed by atoms with Crippen molar-refractivity contribution in [2.45, 2.75) is 38.9 Å². The topological polar surface area (TPSA) is 17.1 Å². The molecule has 0 atom stereocenters. The van der Waals surface area contributed by atoms with Crippen LogP contribution in [0.3, 0.4) is 0 Å². The van der Waals surface area contributed by atoms with E-state index in [1.165, 1.54) is 0 Å². The van der Waals surface area contributed by atoms with E-state index in [4.69, 9.17) is 0 Å². The zero-order chi connectivity index (χ0) is 14.3. The van der Waals surface area contributed by atoms with Gasteiger partial charge in [0.05, 0.1) is 0 Å². The largest absolute Gasteiger partial charge is 0.294 e. The molecule has 0 fully saturated rings. The number of unbranched alkanes of at least 4 members (excludes halogenated alkanes) is 1. The summed E-state index contributed by atoms with van der Waals surface area (Å²) >= 11 is 0. The number of allylic oxidation sites excluding steroid dienone is 1. The smallest absolute Gasteiger partial charge is 0.164 e. The molecule has 0 aromatic heterocycles. The van der Waals surface area contributed by atoms with Gasteiger partial charge in [0, 0.05) is 17.5 Å². The molecule has 100 valence electrons. The molecule has 0 spiro atoms. The first-order valence-corrected chi connectivity index (χ1v) is 10.2. The molecule has 0 N–H and O–H groups in total. The molecule has 0 amide bonds. The van der Waals surface area contributed by atoms with Gasteiger partial charge in [-0.15, -0.1) is 12.1 Å². The summed E-state index contributed by atoms with van der Waals surface area (Å²) in [5.41, 5.74) is 4.95. The quantitative estimate of drug-likeness (QED) is 0.254. The summed E-state index contributed by atoms with van der Waals surface area (Å²) in [5, 5.41) is 0. The number of Topliss-reactive ketones (excluding diaryl/α,β-unsaturated/α-hetero) is 1. The van der Waals surface area contributed by atoms with Crippen LogP contribution in [0.4, 0.5) is 0 Å². The maximum absolute atomic E-state index is 12.2. The van der Waals surface area contributed by atoms with Gasteiger partial charge in [-0.05, 0) is 18.9 Å². The van der Waals surface area contributed by atoms with E-state index in [1.54, 1.807) is 0 Å². The van der Waals surface area contributed by atoms with Crippen molar-refractivity contribution in [3.63, 3.8) is 0 Å². The zero-order valence-corrected chi connectivity index (χ0v) is 13.1. The van der Waals surface area contributed by atoms with Crippen molar-refractivity contribution in [3.8, 4) is 11.5 Å². The Labute approximate surface area is 117 Å². The van der Waals surface area contributed by atoms with Gasteiger partial charge in [0.25, 0.3) is 0 Å². The summed E-state index contributed by atoms with van der Waals surface area (Å²) in [7, 11) is -1.41. The molecule has 1 aromatic carbocycles. The molecule has 19 heavy (non-hydrogen) atoms. The van der Waals surface area contributed by atoms with Gasteiger partial charge in [-0.1, -0.05) is 49.8 Å². The lowest BCUT2D eigenvalue weighted by Crippen LogP contribution is -2.16. The Bertz CT molecular complexity index is 512. The fourth-order valence-corrected chi connectivity index (χ4v) is 2.14. The maximum atomic E-state index is 12.2. The Kier molecular flexibility index (Phi) is 5.79. The normalized spacial score (nSPS) is 10.5. The molecule has 0 saturated heterocycles. The molecule has 1 rings (SSSR count). The lowest BCUT2D eigenvalue weighted by Gasteiger charge is -2.06. The molecular formula is C17H22OSi. The lowest BCUT2D eigenvalue weighted by molar-refractivity contribution is 0.0980. The van der Waals surface area contributed by atoms with Gasteiger partial charge in [-0.2, -0.15) is 0 Å². The molecule has 0 aliphatic heterocycles. The fourth-order valence-electron chi connectivity index (χ4n) is 1.63. The van der Waals surface area contributed by atoms with Crippen molar-refractivity contribution in [1.29, 1.82) is 0 Å². The Morgan fingerprint density at radius 2 is 2.00 bits per heavy atom. The Balaban J connectivity index is 2.92. The van der Waals surface area contributed by atoms with Crippen molar-refractivity contribution >= 4 is 13.9 Å². The minimum Gasteiger partial charge on any atom is -0.294 e. The Morgan fingerprint density at radius 3 is 2.63 bits per heavy atom. The average molecular weight is 270 g/mol. The van der Waals surface area contributed by atoms with E-state index in [1.807, 2.05) is 30.3 Å². The lowest BCUT2D eigenvalue weighted by atomic mass is 10.0. The average Bonchev–Trinajstić information content (AvgIpc) is 2.36. The van der Waals surface area contributed by atoms with E-state index in [9.17, 15) is 4.79 Å². The van der Waals surface area contributed by atoms with E-state index < -0.39 is 8.07 Å². The van der Waals surface area contributed by atoms with Gasteiger partial charge in [-0.25, -0.2) is 0 Å². The van der Waals surface area contributed by atoms with Gasteiger partial charge >= 0.3 is 0 Å². The highest BCUT2D eigenvalue weighted by molar-refractivity contribution is 6.83. The molecule has 0 bridgehead atoms. The minimum atomic E-state index is -1.41. The summed E-state index contributed by atoms with van der Waals surface area (Å²) < 4.78 is 0. The number of ketones is 1. The molecule has 0 heterocycles. The van der Waals surface area contributed by atoms with E-state index in [-0.39, 0.29) is 5.78 Å². The van der Waals surface area contributed by atoms with Crippen LogP contribution in [0.1, 0.15) is 35.2 Å². The number of carbonyl (C=O) groups is 1. The molecule has 2 heteroatoms. The van der Waals surface area contributed by atoms with E-state index in [2.05, 4.69) is 37.7 Å². The molecule has 1 aromatic rings. The number of benzene rings is 1. The molecule has 0 radical (unpaired) electrons. The Morgan fingerprint density at radius 1 is 1.32 bits per heavy atom. The fraction of sp³-hybridized carbons (Fsp3) is 0.353. The number of hydrogen-bond donors (Lipinski definition) is 0. The van der Waals surface area contributed by atoms with Crippen LogP contribution >= 0.6 is 0 Å². The monoisotopic (exact) mass is 270 g/mol. The van der Waals surface area contributed by atoms with Gasteiger partial charge in [0.1, 0.15) is 8.07 Å². The van der Waals surface area contributed by atoms with Crippen LogP contribution in [-0.2, 0) is 0 Å². The van der Waals surface area contributed by atoms with Crippen LogP contribution < -0.4 is 0 Å². The van der Waals surface area contributed by atoms with E-state index >= 15 is 0 Å². The predicted molar refractivity (Wildman–Crippen MR) is 85.0 cm³/mol. The zero-order valence-electron chi connectivity index (χ0n) is 12.1. The number of carbonyl (C=O) groups excluding carboxylic acids is 1. The minimum absolute atomic E-state index is 0.183. The highest BCUT2D eigenvalue weighted by Crippen LogP contribution is 2.13. The standard InChI is InChI=1S/C17H22OSi/c1-5-6-7-12-17(18)16-11-9-8-10-15(16)13-14-19(2,3)4/h5,8-11H,1,6-7,12H2,2-4H3. The summed E-state index contributed by atoms with van der Waals surface area (Å²) in [6.45, 7) is 10.3. The van der Waals surface area contributed by atoms with Crippen LogP contribution in [0.25, 0.3) is 0 Å². The summed E-state index contributed by atoms with van der Waals surface area (Å²) in [6, 6.07) is 7.66. The summed E-state index contributed by atoms with van der Waals surface area (Å²) in [6.07, 6.45) is 4.16. The summed E-state index contributed by atoms with van der Waals surface area (Å²) in [4.78, 5) is 12.2. The van der Waals surface area contributed by atoms with Crippen LogP contribution in [0.5, 0.6) is 0 Å². The van der Waals surface area contributed by atoms with Crippen molar-refractivity contribution in [3.05, 3.63) is 48.0 Å². The van der Waals surface area contributed by atoms with Gasteiger partial charge in [0.15, 0.2) is 5.78 Å². The van der Waals surface area contributed by atoms with Crippen LogP contribution in [0.15, 0.2) is 36.9 Å². The highest BCUT2D eigenvalue weighted by atomic mass is 28.3. The van der Waals surface area contributed by atoms with Crippen molar-refractivity contribution < 1.29 is 4.79 Å².